The van der Waals surface area contributed by atoms with Crippen LogP contribution in [0.4, 0.5) is 14.5 Å². The summed E-state index contributed by atoms with van der Waals surface area (Å²) in [5, 5.41) is 10.7. The predicted molar refractivity (Wildman–Crippen MR) is 70.5 cm³/mol. The molecular formula is C13H7ClF2N2O3. The number of aromatic nitrogens is 1. The van der Waals surface area contributed by atoms with E-state index in [-0.39, 0.29) is 10.6 Å². The van der Waals surface area contributed by atoms with E-state index < -0.39 is 34.9 Å². The summed E-state index contributed by atoms with van der Waals surface area (Å²) in [5.74, 6) is -4.32. The monoisotopic (exact) mass is 312 g/mol. The lowest BCUT2D eigenvalue weighted by molar-refractivity contribution is 0.0691. The van der Waals surface area contributed by atoms with E-state index in [1.165, 1.54) is 18.3 Å². The zero-order valence-corrected chi connectivity index (χ0v) is 11.0. The van der Waals surface area contributed by atoms with Crippen LogP contribution in [-0.2, 0) is 0 Å². The van der Waals surface area contributed by atoms with Crippen molar-refractivity contribution < 1.29 is 23.5 Å². The molecule has 0 atom stereocenters. The quantitative estimate of drug-likeness (QED) is 0.913. The predicted octanol–water partition coefficient (Wildman–Crippen LogP) is 2.96. The molecule has 0 aliphatic rings. The van der Waals surface area contributed by atoms with Crippen LogP contribution in [-0.4, -0.2) is 22.0 Å². The van der Waals surface area contributed by atoms with Crippen LogP contribution >= 0.6 is 11.6 Å². The Balaban J connectivity index is 2.38. The average molecular weight is 313 g/mol. The van der Waals surface area contributed by atoms with Gasteiger partial charge in [0, 0.05) is 12.3 Å². The van der Waals surface area contributed by atoms with Crippen LogP contribution in [0.2, 0.25) is 5.02 Å². The summed E-state index contributed by atoms with van der Waals surface area (Å²) in [5.41, 5.74) is -1.22. The fourth-order valence-corrected chi connectivity index (χ4v) is 1.83. The van der Waals surface area contributed by atoms with Crippen molar-refractivity contribution in [3.63, 3.8) is 0 Å². The number of pyridine rings is 1. The van der Waals surface area contributed by atoms with Gasteiger partial charge in [-0.15, -0.1) is 0 Å². The fraction of sp³-hybridized carbons (Fsp3) is 0. The summed E-state index contributed by atoms with van der Waals surface area (Å²) in [7, 11) is 0. The summed E-state index contributed by atoms with van der Waals surface area (Å²) >= 11 is 5.64. The van der Waals surface area contributed by atoms with Crippen molar-refractivity contribution in [3.8, 4) is 0 Å². The van der Waals surface area contributed by atoms with Gasteiger partial charge in [0.15, 0.2) is 5.82 Å². The first-order valence-corrected chi connectivity index (χ1v) is 5.92. The lowest BCUT2D eigenvalue weighted by atomic mass is 10.2. The number of halogens is 3. The van der Waals surface area contributed by atoms with Gasteiger partial charge in [-0.3, -0.25) is 9.78 Å². The number of anilines is 1. The Kier molecular flexibility index (Phi) is 4.13. The van der Waals surface area contributed by atoms with Gasteiger partial charge >= 0.3 is 5.97 Å². The van der Waals surface area contributed by atoms with Gasteiger partial charge in [-0.25, -0.2) is 13.6 Å². The molecule has 0 fully saturated rings. The van der Waals surface area contributed by atoms with Crippen LogP contribution in [0.25, 0.3) is 0 Å². The Morgan fingerprint density at radius 3 is 2.62 bits per heavy atom. The van der Waals surface area contributed by atoms with E-state index in [1.807, 2.05) is 0 Å². The van der Waals surface area contributed by atoms with Gasteiger partial charge < -0.3 is 10.4 Å². The first kappa shape index (κ1) is 14.9. The number of hydrogen-bond donors (Lipinski definition) is 2. The molecule has 0 saturated carbocycles. The van der Waals surface area contributed by atoms with Crippen molar-refractivity contribution in [2.75, 3.05) is 5.32 Å². The maximum absolute atomic E-state index is 13.6. The SMILES string of the molecule is O=C(O)c1cccnc1C(=O)Nc1c(F)cc(F)cc1Cl. The summed E-state index contributed by atoms with van der Waals surface area (Å²) in [4.78, 5) is 26.6. The topological polar surface area (TPSA) is 79.3 Å². The zero-order chi connectivity index (χ0) is 15.6. The number of nitrogens with one attached hydrogen (secondary N) is 1. The van der Waals surface area contributed by atoms with E-state index in [1.54, 1.807) is 0 Å². The van der Waals surface area contributed by atoms with Crippen molar-refractivity contribution in [2.24, 2.45) is 0 Å². The smallest absolute Gasteiger partial charge is 0.338 e. The van der Waals surface area contributed by atoms with Gasteiger partial charge in [0.2, 0.25) is 0 Å². The van der Waals surface area contributed by atoms with Crippen LogP contribution < -0.4 is 5.32 Å². The molecule has 108 valence electrons. The first-order chi connectivity index (χ1) is 9.90. The highest BCUT2D eigenvalue weighted by atomic mass is 35.5. The number of benzene rings is 1. The van der Waals surface area contributed by atoms with Gasteiger partial charge in [0.25, 0.3) is 5.91 Å². The normalized spacial score (nSPS) is 10.2. The van der Waals surface area contributed by atoms with E-state index in [4.69, 9.17) is 16.7 Å². The molecular weight excluding hydrogens is 306 g/mol. The van der Waals surface area contributed by atoms with Gasteiger partial charge in [0.1, 0.15) is 11.5 Å². The zero-order valence-electron chi connectivity index (χ0n) is 10.2. The molecule has 1 amide bonds. The number of nitrogens with zero attached hydrogens (tertiary/aromatic N) is 1. The highest BCUT2D eigenvalue weighted by Crippen LogP contribution is 2.26. The van der Waals surface area contributed by atoms with Crippen LogP contribution in [0.5, 0.6) is 0 Å². The largest absolute Gasteiger partial charge is 0.478 e. The Labute approximate surface area is 122 Å². The molecule has 8 heteroatoms. The highest BCUT2D eigenvalue weighted by molar-refractivity contribution is 6.34. The molecule has 0 unspecified atom stereocenters. The minimum atomic E-state index is -1.36. The lowest BCUT2D eigenvalue weighted by Crippen LogP contribution is -2.19. The Morgan fingerprint density at radius 2 is 2.00 bits per heavy atom. The summed E-state index contributed by atoms with van der Waals surface area (Å²) in [6.07, 6.45) is 1.21. The van der Waals surface area contributed by atoms with Crippen LogP contribution in [0, 0.1) is 11.6 Å². The molecule has 0 saturated heterocycles. The second-order valence-corrected chi connectivity index (χ2v) is 4.31. The van der Waals surface area contributed by atoms with Crippen LogP contribution in [0.1, 0.15) is 20.8 Å². The van der Waals surface area contributed by atoms with Crippen molar-refractivity contribution >= 4 is 29.2 Å². The average Bonchev–Trinajstić information content (AvgIpc) is 2.42. The summed E-state index contributed by atoms with van der Waals surface area (Å²) in [6.45, 7) is 0. The first-order valence-electron chi connectivity index (χ1n) is 5.54. The number of carboxylic acid groups (broad SMARTS) is 1. The van der Waals surface area contributed by atoms with Gasteiger partial charge in [0.05, 0.1) is 16.3 Å². The van der Waals surface area contributed by atoms with Crippen molar-refractivity contribution in [1.29, 1.82) is 0 Å². The van der Waals surface area contributed by atoms with E-state index in [0.717, 1.165) is 6.07 Å². The minimum absolute atomic E-state index is 0.353. The molecule has 1 heterocycles. The van der Waals surface area contributed by atoms with Crippen LogP contribution in [0.3, 0.4) is 0 Å². The molecule has 0 spiro atoms. The van der Waals surface area contributed by atoms with Gasteiger partial charge in [-0.2, -0.15) is 0 Å². The number of aromatic carboxylic acids is 1. The molecule has 0 aliphatic carbocycles. The Hall–Kier alpha value is -2.54. The minimum Gasteiger partial charge on any atom is -0.478 e. The third kappa shape index (κ3) is 3.14. The maximum Gasteiger partial charge on any atom is 0.338 e. The van der Waals surface area contributed by atoms with Crippen molar-refractivity contribution in [1.82, 2.24) is 4.98 Å². The standard InChI is InChI=1S/C13H7ClF2N2O3/c14-8-4-6(15)5-9(16)11(8)18-12(19)10-7(13(20)21)2-1-3-17-10/h1-5H,(H,18,19)(H,20,21). The second kappa shape index (κ2) is 5.84. The molecule has 0 radical (unpaired) electrons. The van der Waals surface area contributed by atoms with E-state index in [2.05, 4.69) is 10.3 Å². The van der Waals surface area contributed by atoms with Gasteiger partial charge in [-0.05, 0) is 18.2 Å². The number of rotatable bonds is 3. The number of hydrogen-bond acceptors (Lipinski definition) is 3. The fourth-order valence-electron chi connectivity index (χ4n) is 1.59. The maximum atomic E-state index is 13.6. The highest BCUT2D eigenvalue weighted by Gasteiger charge is 2.20. The molecule has 2 N–H and O–H groups in total. The molecule has 1 aromatic heterocycles. The molecule has 2 aromatic rings. The molecule has 21 heavy (non-hydrogen) atoms. The van der Waals surface area contributed by atoms with Gasteiger partial charge in [-0.1, -0.05) is 11.6 Å². The third-order valence-electron chi connectivity index (χ3n) is 2.50. The third-order valence-corrected chi connectivity index (χ3v) is 2.80. The van der Waals surface area contributed by atoms with E-state index in [9.17, 15) is 18.4 Å². The van der Waals surface area contributed by atoms with Crippen molar-refractivity contribution in [3.05, 3.63) is 58.4 Å². The molecule has 5 nitrogen and oxygen atoms in total. The van der Waals surface area contributed by atoms with Crippen LogP contribution in [0.15, 0.2) is 30.5 Å². The number of carbonyl (C=O) groups excluding carboxylic acids is 1. The molecule has 0 aliphatic heterocycles. The Bertz CT molecular complexity index is 714. The lowest BCUT2D eigenvalue weighted by Gasteiger charge is -2.09. The molecule has 0 bridgehead atoms. The second-order valence-electron chi connectivity index (χ2n) is 3.90. The Morgan fingerprint density at radius 1 is 1.29 bits per heavy atom. The number of carbonyl (C=O) groups is 2. The van der Waals surface area contributed by atoms with E-state index >= 15 is 0 Å². The number of amides is 1. The molecule has 1 aromatic carbocycles. The summed E-state index contributed by atoms with van der Waals surface area (Å²) in [6, 6.07) is 3.87. The number of carboxylic acids is 1. The molecule has 2 rings (SSSR count). The summed E-state index contributed by atoms with van der Waals surface area (Å²) < 4.78 is 26.5. The van der Waals surface area contributed by atoms with E-state index in [0.29, 0.717) is 6.07 Å². The van der Waals surface area contributed by atoms with Crippen molar-refractivity contribution in [2.45, 2.75) is 0 Å².